The number of aryl methyl sites for hydroxylation is 1. The molecule has 2 aromatic carbocycles. The molecule has 2 atom stereocenters. The smallest absolute Gasteiger partial charge is 0.417 e. The number of halogens is 6. The maximum absolute atomic E-state index is 16.9. The highest BCUT2D eigenvalue weighted by molar-refractivity contribution is 6.76. The Morgan fingerprint density at radius 2 is 1.78 bits per heavy atom. The molecule has 0 saturated carbocycles. The predicted molar refractivity (Wildman–Crippen MR) is 181 cm³/mol. The topological polar surface area (TPSA) is 74.5 Å². The van der Waals surface area contributed by atoms with Crippen LogP contribution in [0.4, 0.5) is 26.3 Å². The van der Waals surface area contributed by atoms with Gasteiger partial charge in [0.15, 0.2) is 5.82 Å². The molecule has 2 aromatic heterocycles. The van der Waals surface area contributed by atoms with Gasteiger partial charge in [-0.3, -0.25) is 4.90 Å². The summed E-state index contributed by atoms with van der Waals surface area (Å²) in [5.74, 6) is -2.83. The van der Waals surface area contributed by atoms with Crippen molar-refractivity contribution >= 4 is 29.9 Å². The van der Waals surface area contributed by atoms with Gasteiger partial charge in [-0.2, -0.15) is 28.2 Å². The fourth-order valence-electron chi connectivity index (χ4n) is 7.03. The number of rotatable bonds is 10. The lowest BCUT2D eigenvalue weighted by atomic mass is 9.91. The highest BCUT2D eigenvalue weighted by Gasteiger charge is 2.49. The second kappa shape index (κ2) is 13.0. The summed E-state index contributed by atoms with van der Waals surface area (Å²) >= 11 is 0. The van der Waals surface area contributed by atoms with Gasteiger partial charge in [-0.15, -0.1) is 0 Å². The molecular weight excluding hydrogens is 680 g/mol. The summed E-state index contributed by atoms with van der Waals surface area (Å²) < 4.78 is 111. The SMILES string of the molecule is Cc1cc2cn(COCC[Si](C)(C)C)nc2c(-c2c(F)cc3c(OC(C)(C)C)nc(OC[C@@]45CCCN4C[C@H](F)C5)nc3c2F)c1C(F)(F)F. The van der Waals surface area contributed by atoms with Gasteiger partial charge in [0.2, 0.25) is 5.88 Å². The summed E-state index contributed by atoms with van der Waals surface area (Å²) in [7, 11) is -1.40. The van der Waals surface area contributed by atoms with Crippen molar-refractivity contribution in [3.8, 4) is 23.0 Å². The molecule has 2 aliphatic rings. The molecule has 0 unspecified atom stereocenters. The van der Waals surface area contributed by atoms with Crippen molar-refractivity contribution in [1.82, 2.24) is 24.6 Å². The third-order valence-electron chi connectivity index (χ3n) is 9.26. The Balaban J connectivity index is 1.49. The van der Waals surface area contributed by atoms with Gasteiger partial charge in [-0.25, -0.2) is 17.9 Å². The Morgan fingerprint density at radius 3 is 2.46 bits per heavy atom. The van der Waals surface area contributed by atoms with Crippen LogP contribution in [0.5, 0.6) is 11.9 Å². The van der Waals surface area contributed by atoms with Crippen LogP contribution in [-0.4, -0.2) is 76.3 Å². The summed E-state index contributed by atoms with van der Waals surface area (Å²) in [5, 5.41) is 4.42. The van der Waals surface area contributed by atoms with Crippen molar-refractivity contribution in [1.29, 1.82) is 0 Å². The molecule has 50 heavy (non-hydrogen) atoms. The molecule has 0 radical (unpaired) electrons. The zero-order valence-corrected chi connectivity index (χ0v) is 30.4. The standard InChI is InChI=1S/C35H43F6N5O3Si/c1-20-13-21-16-46(19-47-11-12-50(5,6)7)44-29(21)26(27(20)35(39,40)41)25-24(37)14-23-30(28(25)38)42-32(43-31(23)49-33(2,3)4)48-18-34-9-8-10-45(34)17-22(36)15-34/h13-14,16,22H,8-12,15,17-19H2,1-7H3/t22-,34+/m1/s1. The molecule has 2 aliphatic heterocycles. The molecule has 0 aliphatic carbocycles. The number of hydrogen-bond donors (Lipinski definition) is 0. The fourth-order valence-corrected chi connectivity index (χ4v) is 7.78. The van der Waals surface area contributed by atoms with Gasteiger partial charge in [0.1, 0.15) is 42.0 Å². The minimum atomic E-state index is -4.98. The lowest BCUT2D eigenvalue weighted by Gasteiger charge is -2.31. The highest BCUT2D eigenvalue weighted by Crippen LogP contribution is 2.47. The molecule has 2 fully saturated rings. The van der Waals surface area contributed by atoms with Gasteiger partial charge in [-0.1, -0.05) is 19.6 Å². The highest BCUT2D eigenvalue weighted by atomic mass is 28.3. The van der Waals surface area contributed by atoms with Crippen LogP contribution in [0.15, 0.2) is 18.3 Å². The summed E-state index contributed by atoms with van der Waals surface area (Å²) in [6, 6.07) is 2.73. The lowest BCUT2D eigenvalue weighted by molar-refractivity contribution is -0.137. The minimum Gasteiger partial charge on any atom is -0.471 e. The number of hydrogen-bond acceptors (Lipinski definition) is 7. The van der Waals surface area contributed by atoms with Crippen molar-refractivity contribution in [3.05, 3.63) is 41.1 Å². The summed E-state index contributed by atoms with van der Waals surface area (Å²) in [5.41, 5.74) is -5.33. The number of alkyl halides is 4. The third kappa shape index (κ3) is 7.31. The van der Waals surface area contributed by atoms with E-state index in [1.54, 1.807) is 20.8 Å². The first-order chi connectivity index (χ1) is 23.2. The fraction of sp³-hybridized carbons (Fsp3) is 0.571. The molecule has 2 saturated heterocycles. The molecule has 0 bridgehead atoms. The van der Waals surface area contributed by atoms with E-state index in [4.69, 9.17) is 14.2 Å². The van der Waals surface area contributed by atoms with E-state index in [9.17, 15) is 17.6 Å². The maximum atomic E-state index is 16.9. The van der Waals surface area contributed by atoms with Gasteiger partial charge in [0, 0.05) is 44.8 Å². The van der Waals surface area contributed by atoms with Crippen LogP contribution in [0.25, 0.3) is 32.9 Å². The Labute approximate surface area is 288 Å². The number of ether oxygens (including phenoxy) is 3. The average molecular weight is 724 g/mol. The minimum absolute atomic E-state index is 0.0116. The van der Waals surface area contributed by atoms with Gasteiger partial charge >= 0.3 is 12.2 Å². The second-order valence-corrected chi connectivity index (χ2v) is 21.4. The van der Waals surface area contributed by atoms with E-state index in [0.717, 1.165) is 18.5 Å². The second-order valence-electron chi connectivity index (χ2n) is 15.7. The first-order valence-electron chi connectivity index (χ1n) is 16.8. The average Bonchev–Trinajstić information content (AvgIpc) is 3.64. The first-order valence-corrected chi connectivity index (χ1v) is 20.5. The normalized spacial score (nSPS) is 20.3. The van der Waals surface area contributed by atoms with Crippen LogP contribution in [0.1, 0.15) is 51.2 Å². The Kier molecular flexibility index (Phi) is 9.42. The van der Waals surface area contributed by atoms with E-state index in [-0.39, 0.29) is 60.0 Å². The number of benzene rings is 2. The number of fused-ring (bicyclic) bond motifs is 3. The Hall–Kier alpha value is -3.43. The predicted octanol–water partition coefficient (Wildman–Crippen LogP) is 8.70. The zero-order valence-electron chi connectivity index (χ0n) is 29.4. The summed E-state index contributed by atoms with van der Waals surface area (Å²) in [4.78, 5) is 10.6. The lowest BCUT2D eigenvalue weighted by Crippen LogP contribution is -2.43. The zero-order chi connectivity index (χ0) is 36.4. The molecule has 4 aromatic rings. The van der Waals surface area contributed by atoms with Gasteiger partial charge in [0.05, 0.1) is 22.1 Å². The molecule has 8 nitrogen and oxygen atoms in total. The Bertz CT molecular complexity index is 1920. The largest absolute Gasteiger partial charge is 0.471 e. The quantitative estimate of drug-likeness (QED) is 0.0921. The molecule has 0 spiro atoms. The van der Waals surface area contributed by atoms with Crippen LogP contribution in [-0.2, 0) is 17.6 Å². The van der Waals surface area contributed by atoms with Crippen molar-refractivity contribution in [2.24, 2.45) is 0 Å². The van der Waals surface area contributed by atoms with E-state index in [1.165, 1.54) is 23.9 Å². The Morgan fingerprint density at radius 1 is 1.04 bits per heavy atom. The third-order valence-corrected chi connectivity index (χ3v) is 11.0. The summed E-state index contributed by atoms with van der Waals surface area (Å²) in [6.45, 7) is 14.3. The monoisotopic (exact) mass is 723 g/mol. The van der Waals surface area contributed by atoms with Gasteiger partial charge in [-0.05, 0) is 70.8 Å². The van der Waals surface area contributed by atoms with Crippen molar-refractivity contribution < 1.29 is 40.6 Å². The van der Waals surface area contributed by atoms with E-state index >= 15 is 8.78 Å². The molecule has 272 valence electrons. The van der Waals surface area contributed by atoms with Crippen LogP contribution in [0.3, 0.4) is 0 Å². The number of nitrogens with zero attached hydrogens (tertiary/aromatic N) is 5. The van der Waals surface area contributed by atoms with Crippen LogP contribution in [0.2, 0.25) is 25.7 Å². The van der Waals surface area contributed by atoms with Crippen molar-refractivity contribution in [2.75, 3.05) is 26.3 Å². The molecular formula is C35H43F6N5O3Si. The van der Waals surface area contributed by atoms with Crippen LogP contribution < -0.4 is 9.47 Å². The van der Waals surface area contributed by atoms with E-state index < -0.39 is 65.4 Å². The van der Waals surface area contributed by atoms with Crippen LogP contribution >= 0.6 is 0 Å². The molecule has 0 N–H and O–H groups in total. The number of aromatic nitrogens is 4. The van der Waals surface area contributed by atoms with Crippen LogP contribution in [0, 0.1) is 18.6 Å². The maximum Gasteiger partial charge on any atom is 0.417 e. The molecule has 15 heteroatoms. The van der Waals surface area contributed by atoms with Gasteiger partial charge < -0.3 is 14.2 Å². The van der Waals surface area contributed by atoms with E-state index in [0.29, 0.717) is 19.6 Å². The van der Waals surface area contributed by atoms with E-state index in [1.807, 2.05) is 4.90 Å². The van der Waals surface area contributed by atoms with Crippen molar-refractivity contribution in [3.63, 3.8) is 0 Å². The molecule has 0 amide bonds. The van der Waals surface area contributed by atoms with Gasteiger partial charge in [0.25, 0.3) is 0 Å². The summed E-state index contributed by atoms with van der Waals surface area (Å²) in [6.07, 6.45) is -2.70. The molecule has 4 heterocycles. The van der Waals surface area contributed by atoms with E-state index in [2.05, 4.69) is 34.7 Å². The first kappa shape index (κ1) is 36.4. The molecule has 6 rings (SSSR count). The van der Waals surface area contributed by atoms with Crippen molar-refractivity contribution in [2.45, 2.75) is 103 Å².